The third-order valence-electron chi connectivity index (χ3n) is 5.03. The van der Waals surface area contributed by atoms with E-state index in [4.69, 9.17) is 4.74 Å². The van der Waals surface area contributed by atoms with Crippen LogP contribution in [0.3, 0.4) is 0 Å². The summed E-state index contributed by atoms with van der Waals surface area (Å²) in [6.07, 6.45) is 0.202. The maximum Gasteiger partial charge on any atom is 0.264 e. The molecule has 0 bridgehead atoms. The number of benzene rings is 1. The number of carbonyl (C=O) groups is 1. The summed E-state index contributed by atoms with van der Waals surface area (Å²) in [5.41, 5.74) is 3.52. The molecule has 4 atom stereocenters. The lowest BCUT2D eigenvalue weighted by Gasteiger charge is -2.38. The lowest BCUT2D eigenvalue weighted by Crippen LogP contribution is -2.55. The first-order chi connectivity index (χ1) is 10.4. The molecule has 1 amide bonds. The molecule has 0 unspecified atom stereocenters. The first-order valence-electron chi connectivity index (χ1n) is 7.83. The van der Waals surface area contributed by atoms with Crippen molar-refractivity contribution in [3.05, 3.63) is 28.8 Å². The third-order valence-corrected chi connectivity index (χ3v) is 6.84. The van der Waals surface area contributed by atoms with Crippen LogP contribution in [-0.4, -0.2) is 44.7 Å². The largest absolute Gasteiger partial charge is 0.480 e. The highest BCUT2D eigenvalue weighted by Crippen LogP contribution is 2.32. The third kappa shape index (κ3) is 2.56. The molecule has 3 rings (SSSR count). The van der Waals surface area contributed by atoms with Gasteiger partial charge in [0.05, 0.1) is 5.25 Å². The van der Waals surface area contributed by atoms with Crippen LogP contribution in [0.15, 0.2) is 12.1 Å². The number of nitrogens with zero attached hydrogens (tertiary/aromatic N) is 1. The van der Waals surface area contributed by atoms with Crippen molar-refractivity contribution < 1.29 is 13.7 Å². The van der Waals surface area contributed by atoms with E-state index in [9.17, 15) is 9.00 Å². The number of amides is 1. The zero-order valence-corrected chi connectivity index (χ0v) is 14.4. The minimum absolute atomic E-state index is 0.00197. The van der Waals surface area contributed by atoms with Gasteiger partial charge < -0.3 is 9.64 Å². The molecule has 0 aromatic heterocycles. The van der Waals surface area contributed by atoms with Gasteiger partial charge in [-0.3, -0.25) is 9.00 Å². The van der Waals surface area contributed by atoms with Crippen molar-refractivity contribution in [1.82, 2.24) is 4.90 Å². The van der Waals surface area contributed by atoms with E-state index in [-0.39, 0.29) is 17.2 Å². The van der Waals surface area contributed by atoms with Gasteiger partial charge in [0.25, 0.3) is 5.91 Å². The van der Waals surface area contributed by atoms with E-state index in [1.54, 1.807) is 0 Å². The van der Waals surface area contributed by atoms with Crippen LogP contribution in [0.4, 0.5) is 0 Å². The minimum Gasteiger partial charge on any atom is -0.480 e. The van der Waals surface area contributed by atoms with Crippen molar-refractivity contribution in [3.63, 3.8) is 0 Å². The van der Waals surface area contributed by atoms with E-state index < -0.39 is 16.9 Å². The van der Waals surface area contributed by atoms with Gasteiger partial charge in [-0.2, -0.15) is 0 Å². The Morgan fingerprint density at radius 2 is 1.95 bits per heavy atom. The Morgan fingerprint density at radius 3 is 2.68 bits per heavy atom. The smallest absolute Gasteiger partial charge is 0.264 e. The van der Waals surface area contributed by atoms with Crippen LogP contribution in [0.25, 0.3) is 0 Å². The van der Waals surface area contributed by atoms with E-state index in [0.717, 1.165) is 11.3 Å². The van der Waals surface area contributed by atoms with Crippen LogP contribution in [0.2, 0.25) is 0 Å². The predicted molar refractivity (Wildman–Crippen MR) is 87.7 cm³/mol. The number of fused-ring (bicyclic) bond motifs is 1. The Kier molecular flexibility index (Phi) is 4.02. The molecule has 120 valence electrons. The van der Waals surface area contributed by atoms with Crippen molar-refractivity contribution in [2.45, 2.75) is 51.5 Å². The van der Waals surface area contributed by atoms with Gasteiger partial charge in [0, 0.05) is 35.6 Å². The second-order valence-electron chi connectivity index (χ2n) is 6.42. The standard InChI is InChI=1S/C17H23NO3S/c1-10-7-14-9-16(21-15(14)8-11(10)2)17(19)18-5-6-22(20)13(4)12(18)3/h7-8,12-13,16H,5-6,9H2,1-4H3/t12-,13+,16+,22+/m1/s1. The lowest BCUT2D eigenvalue weighted by molar-refractivity contribution is -0.139. The van der Waals surface area contributed by atoms with Gasteiger partial charge in [0.15, 0.2) is 6.10 Å². The minimum atomic E-state index is -0.835. The molecule has 4 nitrogen and oxygen atoms in total. The van der Waals surface area contributed by atoms with Gasteiger partial charge in [-0.1, -0.05) is 6.07 Å². The molecule has 5 heteroatoms. The van der Waals surface area contributed by atoms with Crippen molar-refractivity contribution in [2.24, 2.45) is 0 Å². The van der Waals surface area contributed by atoms with E-state index in [0.29, 0.717) is 18.7 Å². The highest BCUT2D eigenvalue weighted by molar-refractivity contribution is 7.85. The Morgan fingerprint density at radius 1 is 1.27 bits per heavy atom. The summed E-state index contributed by atoms with van der Waals surface area (Å²) in [5, 5.41) is 0.0194. The molecule has 2 heterocycles. The molecular formula is C17H23NO3S. The monoisotopic (exact) mass is 321 g/mol. The summed E-state index contributed by atoms with van der Waals surface area (Å²) in [5.74, 6) is 1.43. The maximum atomic E-state index is 12.8. The normalized spacial score (nSPS) is 30.8. The van der Waals surface area contributed by atoms with Gasteiger partial charge in [0.2, 0.25) is 0 Å². The van der Waals surface area contributed by atoms with E-state index >= 15 is 0 Å². The highest BCUT2D eigenvalue weighted by atomic mass is 32.2. The first-order valence-corrected chi connectivity index (χ1v) is 9.21. The molecule has 2 aliphatic heterocycles. The molecule has 1 saturated heterocycles. The number of rotatable bonds is 1. The Bertz CT molecular complexity index is 612. The van der Waals surface area contributed by atoms with Gasteiger partial charge >= 0.3 is 0 Å². The predicted octanol–water partition coefficient (Wildman–Crippen LogP) is 1.97. The molecule has 0 N–H and O–H groups in total. The number of hydrogen-bond acceptors (Lipinski definition) is 3. The fourth-order valence-electron chi connectivity index (χ4n) is 3.20. The van der Waals surface area contributed by atoms with Crippen LogP contribution in [0, 0.1) is 13.8 Å². The molecule has 0 aliphatic carbocycles. The topological polar surface area (TPSA) is 46.6 Å². The Hall–Kier alpha value is -1.36. The molecule has 22 heavy (non-hydrogen) atoms. The number of hydrogen-bond donors (Lipinski definition) is 0. The van der Waals surface area contributed by atoms with Gasteiger partial charge in [-0.05, 0) is 50.5 Å². The Labute approximate surface area is 134 Å². The van der Waals surface area contributed by atoms with Gasteiger partial charge in [-0.15, -0.1) is 0 Å². The van der Waals surface area contributed by atoms with Crippen molar-refractivity contribution >= 4 is 16.7 Å². The van der Waals surface area contributed by atoms with Crippen molar-refractivity contribution in [3.8, 4) is 5.75 Å². The zero-order valence-electron chi connectivity index (χ0n) is 13.6. The summed E-state index contributed by atoms with van der Waals surface area (Å²) in [7, 11) is -0.835. The fourth-order valence-corrected chi connectivity index (χ4v) is 4.53. The van der Waals surface area contributed by atoms with Crippen LogP contribution in [0.5, 0.6) is 5.75 Å². The van der Waals surface area contributed by atoms with Crippen molar-refractivity contribution in [2.75, 3.05) is 12.3 Å². The maximum absolute atomic E-state index is 12.8. The van der Waals surface area contributed by atoms with Crippen LogP contribution in [-0.2, 0) is 22.0 Å². The molecule has 2 aliphatic rings. The van der Waals surface area contributed by atoms with Crippen molar-refractivity contribution in [1.29, 1.82) is 0 Å². The first kappa shape index (κ1) is 15.5. The number of carbonyl (C=O) groups excluding carboxylic acids is 1. The zero-order chi connectivity index (χ0) is 16.0. The van der Waals surface area contributed by atoms with E-state index in [1.807, 2.05) is 24.8 Å². The average molecular weight is 321 g/mol. The van der Waals surface area contributed by atoms with Gasteiger partial charge in [-0.25, -0.2) is 0 Å². The summed E-state index contributed by atoms with van der Waals surface area (Å²) in [6.45, 7) is 8.63. The van der Waals surface area contributed by atoms with Crippen LogP contribution >= 0.6 is 0 Å². The molecular weight excluding hydrogens is 298 g/mol. The molecule has 0 saturated carbocycles. The van der Waals surface area contributed by atoms with Crippen LogP contribution in [0.1, 0.15) is 30.5 Å². The quantitative estimate of drug-likeness (QED) is 0.794. The molecule has 0 spiro atoms. The fraction of sp³-hybridized carbons (Fsp3) is 0.588. The summed E-state index contributed by atoms with van der Waals surface area (Å²) in [4.78, 5) is 14.7. The molecule has 1 aromatic rings. The summed E-state index contributed by atoms with van der Waals surface area (Å²) in [6, 6.07) is 4.14. The lowest BCUT2D eigenvalue weighted by atomic mass is 10.0. The number of aryl methyl sites for hydroxylation is 2. The summed E-state index contributed by atoms with van der Waals surface area (Å²) < 4.78 is 17.8. The second-order valence-corrected chi connectivity index (χ2v) is 8.33. The molecule has 1 fully saturated rings. The van der Waals surface area contributed by atoms with E-state index in [1.165, 1.54) is 11.1 Å². The highest BCUT2D eigenvalue weighted by Gasteiger charge is 2.39. The summed E-state index contributed by atoms with van der Waals surface area (Å²) >= 11 is 0. The van der Waals surface area contributed by atoms with Gasteiger partial charge in [0.1, 0.15) is 5.75 Å². The van der Waals surface area contributed by atoms with E-state index in [2.05, 4.69) is 19.9 Å². The molecule has 1 aromatic carbocycles. The van der Waals surface area contributed by atoms with Crippen LogP contribution < -0.4 is 4.74 Å². The second kappa shape index (κ2) is 5.69. The Balaban J connectivity index is 1.76. The average Bonchev–Trinajstić information content (AvgIpc) is 2.87. The SMILES string of the molecule is Cc1cc2c(cc1C)O[C@H](C(=O)N1CC[S@](=O)[C@@H](C)[C@H]1C)C2. The molecule has 0 radical (unpaired) electrons. The number of ether oxygens (including phenoxy) is 1.